The minimum Gasteiger partial charge on any atom is -0.391 e. The van der Waals surface area contributed by atoms with Gasteiger partial charge in [0, 0.05) is 7.05 Å². The molecule has 1 aliphatic carbocycles. The fraction of sp³-hybridized carbons (Fsp3) is 0.700. The molecular weight excluding hydrogens is 224 g/mol. The topological polar surface area (TPSA) is 93.2 Å². The van der Waals surface area contributed by atoms with E-state index in [0.29, 0.717) is 0 Å². The van der Waals surface area contributed by atoms with Crippen LogP contribution in [0, 0.1) is 10.1 Å². The van der Waals surface area contributed by atoms with Crippen LogP contribution in [0.4, 0.5) is 11.5 Å². The quantitative estimate of drug-likeness (QED) is 0.608. The van der Waals surface area contributed by atoms with Crippen molar-refractivity contribution in [3.63, 3.8) is 0 Å². The Morgan fingerprint density at radius 1 is 1.59 bits per heavy atom. The van der Waals surface area contributed by atoms with Crippen molar-refractivity contribution in [2.24, 2.45) is 7.05 Å². The van der Waals surface area contributed by atoms with Gasteiger partial charge in [-0.2, -0.15) is 0 Å². The van der Waals surface area contributed by atoms with E-state index in [0.717, 1.165) is 25.7 Å². The Morgan fingerprint density at radius 3 is 2.94 bits per heavy atom. The predicted octanol–water partition coefficient (Wildman–Crippen LogP) is 1.04. The second kappa shape index (κ2) is 4.70. The Balaban J connectivity index is 2.14. The largest absolute Gasteiger partial charge is 0.391 e. The Labute approximate surface area is 98.6 Å². The molecule has 2 N–H and O–H groups in total. The van der Waals surface area contributed by atoms with Gasteiger partial charge in [-0.25, -0.2) is 0 Å². The highest BCUT2D eigenvalue weighted by Crippen LogP contribution is 2.26. The van der Waals surface area contributed by atoms with Gasteiger partial charge in [0.1, 0.15) is 6.20 Å². The van der Waals surface area contributed by atoms with Gasteiger partial charge in [0.2, 0.25) is 5.82 Å². The summed E-state index contributed by atoms with van der Waals surface area (Å²) in [5, 5.41) is 27.6. The molecule has 0 aromatic carbocycles. The van der Waals surface area contributed by atoms with Crippen LogP contribution in [-0.2, 0) is 7.05 Å². The predicted molar refractivity (Wildman–Crippen MR) is 61.7 cm³/mol. The number of aryl methyl sites for hydroxylation is 1. The third-order valence-electron chi connectivity index (χ3n) is 3.06. The molecule has 17 heavy (non-hydrogen) atoms. The highest BCUT2D eigenvalue weighted by Gasteiger charge is 2.27. The normalized spacial score (nSPS) is 24.6. The third-order valence-corrected chi connectivity index (χ3v) is 3.06. The summed E-state index contributed by atoms with van der Waals surface area (Å²) < 4.78 is 1.40. The summed E-state index contributed by atoms with van der Waals surface area (Å²) in [6, 6.07) is -0.141. The molecule has 7 heteroatoms. The van der Waals surface area contributed by atoms with Crippen molar-refractivity contribution < 1.29 is 10.0 Å². The molecule has 0 radical (unpaired) electrons. The van der Waals surface area contributed by atoms with Gasteiger partial charge >= 0.3 is 5.69 Å². The highest BCUT2D eigenvalue weighted by atomic mass is 16.6. The molecule has 7 nitrogen and oxygen atoms in total. The molecule has 2 atom stereocenters. The highest BCUT2D eigenvalue weighted by molar-refractivity contribution is 5.55. The maximum Gasteiger partial charge on any atom is 0.330 e. The number of aliphatic hydroxyl groups is 1. The van der Waals surface area contributed by atoms with Crippen LogP contribution < -0.4 is 5.32 Å². The molecule has 1 saturated carbocycles. The summed E-state index contributed by atoms with van der Waals surface area (Å²) in [5.41, 5.74) is -0.0507. The van der Waals surface area contributed by atoms with E-state index >= 15 is 0 Å². The van der Waals surface area contributed by atoms with Gasteiger partial charge in [-0.05, 0) is 12.8 Å². The number of anilines is 1. The van der Waals surface area contributed by atoms with Crippen molar-refractivity contribution >= 4 is 11.5 Å². The standard InChI is InChI=1S/C10H16N4O3/c1-13-6-8(14(16)17)10(12-13)11-7-4-2-3-5-9(7)15/h6-7,9,15H,2-5H2,1H3,(H,11,12). The van der Waals surface area contributed by atoms with Gasteiger partial charge in [-0.3, -0.25) is 14.8 Å². The lowest BCUT2D eigenvalue weighted by Gasteiger charge is -2.27. The van der Waals surface area contributed by atoms with E-state index < -0.39 is 11.0 Å². The van der Waals surface area contributed by atoms with Crippen molar-refractivity contribution in [1.29, 1.82) is 0 Å². The molecule has 1 fully saturated rings. The van der Waals surface area contributed by atoms with Crippen LogP contribution in [0.25, 0.3) is 0 Å². The number of hydrogen-bond acceptors (Lipinski definition) is 5. The summed E-state index contributed by atoms with van der Waals surface area (Å²) in [4.78, 5) is 10.3. The van der Waals surface area contributed by atoms with Gasteiger partial charge in [0.25, 0.3) is 0 Å². The van der Waals surface area contributed by atoms with Crippen LogP contribution in [0.15, 0.2) is 6.20 Å². The first kappa shape index (κ1) is 11.8. The zero-order valence-corrected chi connectivity index (χ0v) is 9.67. The fourth-order valence-electron chi connectivity index (χ4n) is 2.17. The smallest absolute Gasteiger partial charge is 0.330 e. The molecule has 1 heterocycles. The fourth-order valence-corrected chi connectivity index (χ4v) is 2.17. The first-order valence-electron chi connectivity index (χ1n) is 5.70. The molecule has 2 unspecified atom stereocenters. The molecular formula is C10H16N4O3. The number of aromatic nitrogens is 2. The van der Waals surface area contributed by atoms with Crippen molar-refractivity contribution in [3.05, 3.63) is 16.3 Å². The van der Waals surface area contributed by atoms with E-state index in [4.69, 9.17) is 0 Å². The molecule has 0 spiro atoms. The van der Waals surface area contributed by atoms with Crippen LogP contribution in [-0.4, -0.2) is 32.0 Å². The summed E-state index contributed by atoms with van der Waals surface area (Å²) in [7, 11) is 1.63. The monoisotopic (exact) mass is 240 g/mol. The number of nitrogens with zero attached hydrogens (tertiary/aromatic N) is 3. The van der Waals surface area contributed by atoms with E-state index in [1.165, 1.54) is 10.9 Å². The molecule has 94 valence electrons. The van der Waals surface area contributed by atoms with Crippen molar-refractivity contribution in [1.82, 2.24) is 9.78 Å². The van der Waals surface area contributed by atoms with Crippen molar-refractivity contribution in [3.8, 4) is 0 Å². The third kappa shape index (κ3) is 2.55. The molecule has 0 bridgehead atoms. The Hall–Kier alpha value is -1.63. The molecule has 0 aliphatic heterocycles. The van der Waals surface area contributed by atoms with Crippen molar-refractivity contribution in [2.45, 2.75) is 37.8 Å². The molecule has 2 rings (SSSR count). The Kier molecular flexibility index (Phi) is 3.28. The second-order valence-corrected chi connectivity index (χ2v) is 4.40. The maximum absolute atomic E-state index is 10.8. The lowest BCUT2D eigenvalue weighted by molar-refractivity contribution is -0.384. The average molecular weight is 240 g/mol. The number of rotatable bonds is 3. The van der Waals surface area contributed by atoms with Crippen LogP contribution in [0.3, 0.4) is 0 Å². The zero-order valence-electron chi connectivity index (χ0n) is 9.67. The van der Waals surface area contributed by atoms with Gasteiger partial charge < -0.3 is 10.4 Å². The minimum atomic E-state index is -0.468. The molecule has 1 aliphatic rings. The van der Waals surface area contributed by atoms with E-state index in [9.17, 15) is 15.2 Å². The molecule has 0 saturated heterocycles. The van der Waals surface area contributed by atoms with E-state index in [2.05, 4.69) is 10.4 Å². The number of nitro groups is 1. The SMILES string of the molecule is Cn1cc([N+](=O)[O-])c(NC2CCCCC2O)n1. The Bertz CT molecular complexity index is 418. The van der Waals surface area contributed by atoms with E-state index in [1.54, 1.807) is 7.05 Å². The molecule has 0 amide bonds. The number of nitrogens with one attached hydrogen (secondary N) is 1. The lowest BCUT2D eigenvalue weighted by Crippen LogP contribution is -2.36. The minimum absolute atomic E-state index is 0.0507. The van der Waals surface area contributed by atoms with Crippen LogP contribution >= 0.6 is 0 Å². The number of hydrogen-bond donors (Lipinski definition) is 2. The second-order valence-electron chi connectivity index (χ2n) is 4.40. The van der Waals surface area contributed by atoms with Crippen LogP contribution in [0.5, 0.6) is 0 Å². The lowest BCUT2D eigenvalue weighted by atomic mass is 9.92. The number of aliphatic hydroxyl groups excluding tert-OH is 1. The van der Waals surface area contributed by atoms with E-state index in [1.807, 2.05) is 0 Å². The summed E-state index contributed by atoms with van der Waals surface area (Å²) in [6.45, 7) is 0. The van der Waals surface area contributed by atoms with Crippen LogP contribution in [0.1, 0.15) is 25.7 Å². The van der Waals surface area contributed by atoms with Crippen molar-refractivity contribution in [2.75, 3.05) is 5.32 Å². The van der Waals surface area contributed by atoms with Gasteiger partial charge in [0.15, 0.2) is 0 Å². The molecule has 1 aromatic rings. The van der Waals surface area contributed by atoms with Gasteiger partial charge in [0.05, 0.1) is 17.1 Å². The van der Waals surface area contributed by atoms with E-state index in [-0.39, 0.29) is 17.5 Å². The maximum atomic E-state index is 10.8. The molecule has 1 aromatic heterocycles. The summed E-state index contributed by atoms with van der Waals surface area (Å²) in [5.74, 6) is 0.239. The van der Waals surface area contributed by atoms with Crippen LogP contribution in [0.2, 0.25) is 0 Å². The van der Waals surface area contributed by atoms with Gasteiger partial charge in [-0.1, -0.05) is 12.8 Å². The van der Waals surface area contributed by atoms with Gasteiger partial charge in [-0.15, -0.1) is 5.10 Å². The first-order valence-corrected chi connectivity index (χ1v) is 5.70. The average Bonchev–Trinajstić information content (AvgIpc) is 2.63. The Morgan fingerprint density at radius 2 is 2.29 bits per heavy atom. The zero-order chi connectivity index (χ0) is 12.4. The summed E-state index contributed by atoms with van der Waals surface area (Å²) >= 11 is 0. The summed E-state index contributed by atoms with van der Waals surface area (Å²) in [6.07, 6.45) is 4.48. The first-order chi connectivity index (χ1) is 8.08.